The summed E-state index contributed by atoms with van der Waals surface area (Å²) in [6.07, 6.45) is 0. The molecule has 0 saturated heterocycles. The summed E-state index contributed by atoms with van der Waals surface area (Å²) in [4.78, 5) is 13.7. The van der Waals surface area contributed by atoms with E-state index in [1.165, 1.54) is 0 Å². The Morgan fingerprint density at radius 2 is 1.79 bits per heavy atom. The van der Waals surface area contributed by atoms with Gasteiger partial charge in [0.2, 0.25) is 0 Å². The van der Waals surface area contributed by atoms with E-state index in [1.807, 2.05) is 50.2 Å². The molecule has 0 amide bonds. The third-order valence-corrected chi connectivity index (χ3v) is 2.81. The van der Waals surface area contributed by atoms with E-state index in [4.69, 9.17) is 0 Å². The molecule has 0 bridgehead atoms. The minimum atomic E-state index is -0.0730. The highest BCUT2D eigenvalue weighted by atomic mass is 79.9. The molecular weight excluding hydrogens is 242 g/mol. The number of carbonyl (C=O) groups excluding carboxylic acids is 1. The van der Waals surface area contributed by atoms with E-state index in [9.17, 15) is 4.79 Å². The van der Waals surface area contributed by atoms with Crippen LogP contribution in [0, 0.1) is 0 Å². The first-order chi connectivity index (χ1) is 6.52. The second-order valence-electron chi connectivity index (χ2n) is 3.51. The van der Waals surface area contributed by atoms with Gasteiger partial charge in [0.05, 0.1) is 6.04 Å². The number of hydrogen-bond acceptors (Lipinski definition) is 2. The van der Waals surface area contributed by atoms with Crippen molar-refractivity contribution in [3.63, 3.8) is 0 Å². The number of likely N-dealkylation sites (N-methyl/N-ethyl adjacent to an activating group) is 1. The van der Waals surface area contributed by atoms with Crippen LogP contribution in [0.2, 0.25) is 0 Å². The standard InChI is InChI=1S/C11H14BrNO/c1-8(13(2)3)11(14)9-4-6-10(12)7-5-9/h4-8H,1-3H3. The zero-order valence-corrected chi connectivity index (χ0v) is 10.2. The Labute approximate surface area is 93.0 Å². The summed E-state index contributed by atoms with van der Waals surface area (Å²) in [5, 5.41) is 0. The lowest BCUT2D eigenvalue weighted by Gasteiger charge is -2.18. The molecule has 2 nitrogen and oxygen atoms in total. The predicted molar refractivity (Wildman–Crippen MR) is 61.6 cm³/mol. The molecule has 0 saturated carbocycles. The first-order valence-corrected chi connectivity index (χ1v) is 5.28. The van der Waals surface area contributed by atoms with E-state index >= 15 is 0 Å². The first-order valence-electron chi connectivity index (χ1n) is 4.48. The van der Waals surface area contributed by atoms with Crippen molar-refractivity contribution in [1.29, 1.82) is 0 Å². The molecule has 0 aliphatic heterocycles. The second kappa shape index (κ2) is 4.71. The summed E-state index contributed by atoms with van der Waals surface area (Å²) in [6.45, 7) is 1.91. The van der Waals surface area contributed by atoms with Gasteiger partial charge < -0.3 is 0 Å². The quantitative estimate of drug-likeness (QED) is 0.775. The molecule has 0 heterocycles. The Bertz CT molecular complexity index is 319. The van der Waals surface area contributed by atoms with Crippen molar-refractivity contribution in [2.24, 2.45) is 0 Å². The van der Waals surface area contributed by atoms with Crippen molar-refractivity contribution < 1.29 is 4.79 Å². The van der Waals surface area contributed by atoms with Gasteiger partial charge in [0.15, 0.2) is 5.78 Å². The Morgan fingerprint density at radius 1 is 1.29 bits per heavy atom. The van der Waals surface area contributed by atoms with Crippen molar-refractivity contribution in [3.05, 3.63) is 34.3 Å². The van der Waals surface area contributed by atoms with Gasteiger partial charge in [0.25, 0.3) is 0 Å². The summed E-state index contributed by atoms with van der Waals surface area (Å²) < 4.78 is 0.992. The van der Waals surface area contributed by atoms with Crippen LogP contribution in [0.3, 0.4) is 0 Å². The highest BCUT2D eigenvalue weighted by Gasteiger charge is 2.16. The van der Waals surface area contributed by atoms with Crippen molar-refractivity contribution in [2.75, 3.05) is 14.1 Å². The molecule has 0 N–H and O–H groups in total. The number of benzene rings is 1. The lowest BCUT2D eigenvalue weighted by atomic mass is 10.1. The SMILES string of the molecule is CC(C(=O)c1ccc(Br)cc1)N(C)C. The van der Waals surface area contributed by atoms with Crippen molar-refractivity contribution in [2.45, 2.75) is 13.0 Å². The van der Waals surface area contributed by atoms with E-state index in [1.54, 1.807) is 0 Å². The van der Waals surface area contributed by atoms with Gasteiger partial charge >= 0.3 is 0 Å². The summed E-state index contributed by atoms with van der Waals surface area (Å²) in [6, 6.07) is 7.38. The highest BCUT2D eigenvalue weighted by molar-refractivity contribution is 9.10. The van der Waals surface area contributed by atoms with Crippen LogP contribution in [0.1, 0.15) is 17.3 Å². The van der Waals surface area contributed by atoms with Crippen LogP contribution >= 0.6 is 15.9 Å². The fraction of sp³-hybridized carbons (Fsp3) is 0.364. The number of hydrogen-bond donors (Lipinski definition) is 0. The minimum absolute atomic E-state index is 0.0730. The Morgan fingerprint density at radius 3 is 2.21 bits per heavy atom. The summed E-state index contributed by atoms with van der Waals surface area (Å²) >= 11 is 3.34. The normalized spacial score (nSPS) is 12.9. The zero-order chi connectivity index (χ0) is 10.7. The van der Waals surface area contributed by atoms with Crippen molar-refractivity contribution in [3.8, 4) is 0 Å². The molecule has 1 rings (SSSR count). The van der Waals surface area contributed by atoms with Crippen molar-refractivity contribution in [1.82, 2.24) is 4.90 Å². The monoisotopic (exact) mass is 255 g/mol. The second-order valence-corrected chi connectivity index (χ2v) is 4.43. The van der Waals surface area contributed by atoms with Crippen molar-refractivity contribution >= 4 is 21.7 Å². The fourth-order valence-corrected chi connectivity index (χ4v) is 1.35. The molecule has 0 radical (unpaired) electrons. The number of halogens is 1. The molecule has 1 unspecified atom stereocenters. The third-order valence-electron chi connectivity index (χ3n) is 2.28. The lowest BCUT2D eigenvalue weighted by molar-refractivity contribution is 0.0890. The number of nitrogens with zero attached hydrogens (tertiary/aromatic N) is 1. The molecule has 76 valence electrons. The molecule has 0 aromatic heterocycles. The Kier molecular flexibility index (Phi) is 3.84. The molecule has 3 heteroatoms. The van der Waals surface area contributed by atoms with Crippen LogP contribution in [-0.4, -0.2) is 30.8 Å². The largest absolute Gasteiger partial charge is 0.300 e. The van der Waals surface area contributed by atoms with Crippen LogP contribution in [0.15, 0.2) is 28.7 Å². The van der Waals surface area contributed by atoms with E-state index in [-0.39, 0.29) is 11.8 Å². The maximum absolute atomic E-state index is 11.8. The van der Waals surface area contributed by atoms with Crippen LogP contribution < -0.4 is 0 Å². The Balaban J connectivity index is 2.84. The van der Waals surface area contributed by atoms with Crippen LogP contribution in [0.4, 0.5) is 0 Å². The predicted octanol–water partition coefficient (Wildman–Crippen LogP) is 2.58. The third kappa shape index (κ3) is 2.66. The minimum Gasteiger partial charge on any atom is -0.300 e. The smallest absolute Gasteiger partial charge is 0.179 e. The summed E-state index contributed by atoms with van der Waals surface area (Å²) in [7, 11) is 3.81. The molecule has 0 fully saturated rings. The molecule has 1 aromatic rings. The number of rotatable bonds is 3. The lowest BCUT2D eigenvalue weighted by Crippen LogP contribution is -2.32. The number of ketones is 1. The van der Waals surface area contributed by atoms with Gasteiger partial charge in [-0.15, -0.1) is 0 Å². The highest BCUT2D eigenvalue weighted by Crippen LogP contribution is 2.12. The molecule has 0 aliphatic rings. The fourth-order valence-electron chi connectivity index (χ4n) is 1.09. The van der Waals surface area contributed by atoms with Gasteiger partial charge in [0, 0.05) is 10.0 Å². The van der Waals surface area contributed by atoms with Gasteiger partial charge in [-0.25, -0.2) is 0 Å². The summed E-state index contributed by atoms with van der Waals surface area (Å²) in [5.41, 5.74) is 0.759. The van der Waals surface area contributed by atoms with E-state index in [2.05, 4.69) is 15.9 Å². The van der Waals surface area contributed by atoms with Gasteiger partial charge in [-0.05, 0) is 33.2 Å². The van der Waals surface area contributed by atoms with Crippen LogP contribution in [0.25, 0.3) is 0 Å². The molecule has 14 heavy (non-hydrogen) atoms. The number of carbonyl (C=O) groups is 1. The van der Waals surface area contributed by atoms with Gasteiger partial charge in [-0.1, -0.05) is 28.1 Å². The van der Waals surface area contributed by atoms with Crippen LogP contribution in [-0.2, 0) is 0 Å². The molecule has 1 aromatic carbocycles. The van der Waals surface area contributed by atoms with Gasteiger partial charge in [-0.2, -0.15) is 0 Å². The van der Waals surface area contributed by atoms with E-state index < -0.39 is 0 Å². The van der Waals surface area contributed by atoms with Gasteiger partial charge in [0.1, 0.15) is 0 Å². The molecular formula is C11H14BrNO. The average molecular weight is 256 g/mol. The molecule has 0 aliphatic carbocycles. The topological polar surface area (TPSA) is 20.3 Å². The average Bonchev–Trinajstić information content (AvgIpc) is 2.16. The zero-order valence-electron chi connectivity index (χ0n) is 8.62. The maximum Gasteiger partial charge on any atom is 0.179 e. The maximum atomic E-state index is 11.8. The van der Waals surface area contributed by atoms with Crippen LogP contribution in [0.5, 0.6) is 0 Å². The van der Waals surface area contributed by atoms with E-state index in [0.717, 1.165) is 10.0 Å². The van der Waals surface area contributed by atoms with E-state index in [0.29, 0.717) is 0 Å². The Hall–Kier alpha value is -0.670. The molecule has 1 atom stereocenters. The molecule has 0 spiro atoms. The van der Waals surface area contributed by atoms with Gasteiger partial charge in [-0.3, -0.25) is 9.69 Å². The first kappa shape index (κ1) is 11.4. The number of Topliss-reactive ketones (excluding diaryl/α,β-unsaturated/α-hetero) is 1. The summed E-state index contributed by atoms with van der Waals surface area (Å²) in [5.74, 6) is 0.155.